The molecule has 0 saturated carbocycles. The van der Waals surface area contributed by atoms with Gasteiger partial charge in [-0.05, 0) is 56.6 Å². The predicted octanol–water partition coefficient (Wildman–Crippen LogP) is 4.27. The number of piperazine rings is 1. The van der Waals surface area contributed by atoms with Crippen LogP contribution >= 0.6 is 23.4 Å². The number of rotatable bonds is 10. The van der Waals surface area contributed by atoms with Crippen LogP contribution in [-0.2, 0) is 11.3 Å². The molecule has 1 saturated heterocycles. The number of halogens is 1. The van der Waals surface area contributed by atoms with E-state index in [0.29, 0.717) is 22.6 Å². The van der Waals surface area contributed by atoms with E-state index >= 15 is 0 Å². The molecule has 1 aliphatic heterocycles. The molecular weight excluding hydrogens is 494 g/mol. The normalized spacial score (nSPS) is 15.2. The number of anilines is 1. The molecule has 1 fully saturated rings. The highest BCUT2D eigenvalue weighted by atomic mass is 35.5. The molecule has 9 heteroatoms. The summed E-state index contributed by atoms with van der Waals surface area (Å²) in [5.74, 6) is 0.196. The van der Waals surface area contributed by atoms with Gasteiger partial charge in [0, 0.05) is 49.5 Å². The topological polar surface area (TPSA) is 70.5 Å². The van der Waals surface area contributed by atoms with E-state index in [0.717, 1.165) is 56.3 Å². The van der Waals surface area contributed by atoms with Gasteiger partial charge in [0.15, 0.2) is 5.16 Å². The van der Waals surface area contributed by atoms with Crippen molar-refractivity contribution in [2.24, 2.45) is 0 Å². The first-order valence-electron chi connectivity index (χ1n) is 12.6. The van der Waals surface area contributed by atoms with Crippen LogP contribution < -0.4 is 15.8 Å². The van der Waals surface area contributed by atoms with Gasteiger partial charge in [0.25, 0.3) is 5.56 Å². The van der Waals surface area contributed by atoms with Gasteiger partial charge < -0.3 is 10.2 Å². The lowest BCUT2D eigenvalue weighted by molar-refractivity contribution is -0.119. The molecular formula is C27H34ClN5O2S. The summed E-state index contributed by atoms with van der Waals surface area (Å²) in [6, 6.07) is 15.5. The van der Waals surface area contributed by atoms with E-state index < -0.39 is 0 Å². The Balaban J connectivity index is 1.38. The summed E-state index contributed by atoms with van der Waals surface area (Å²) in [7, 11) is 0. The number of carbonyl (C=O) groups is 1. The first kappa shape index (κ1) is 26.5. The Morgan fingerprint density at radius 1 is 1.11 bits per heavy atom. The van der Waals surface area contributed by atoms with Gasteiger partial charge in [0.2, 0.25) is 5.91 Å². The lowest BCUT2D eigenvalue weighted by atomic mass is 10.2. The van der Waals surface area contributed by atoms with Crippen molar-refractivity contribution in [3.8, 4) is 0 Å². The van der Waals surface area contributed by atoms with Crippen LogP contribution in [0.2, 0.25) is 5.02 Å². The smallest absolute Gasteiger partial charge is 0.262 e. The minimum Gasteiger partial charge on any atom is -0.369 e. The van der Waals surface area contributed by atoms with Crippen molar-refractivity contribution >= 4 is 45.9 Å². The summed E-state index contributed by atoms with van der Waals surface area (Å²) in [5.41, 5.74) is 1.78. The average Bonchev–Trinajstić information content (AvgIpc) is 2.89. The van der Waals surface area contributed by atoms with Crippen LogP contribution in [-0.4, -0.2) is 64.9 Å². The van der Waals surface area contributed by atoms with Gasteiger partial charge in [-0.25, -0.2) is 4.98 Å². The highest BCUT2D eigenvalue weighted by molar-refractivity contribution is 7.99. The van der Waals surface area contributed by atoms with E-state index in [4.69, 9.17) is 16.6 Å². The second-order valence-electron chi connectivity index (χ2n) is 9.20. The molecule has 1 amide bonds. The molecule has 0 aliphatic carbocycles. The van der Waals surface area contributed by atoms with Gasteiger partial charge >= 0.3 is 0 Å². The van der Waals surface area contributed by atoms with Crippen molar-refractivity contribution in [1.29, 1.82) is 0 Å². The minimum atomic E-state index is -0.0452. The fourth-order valence-electron chi connectivity index (χ4n) is 4.36. The van der Waals surface area contributed by atoms with Gasteiger partial charge in [-0.1, -0.05) is 48.5 Å². The summed E-state index contributed by atoms with van der Waals surface area (Å²) < 4.78 is 1.74. The van der Waals surface area contributed by atoms with Crippen LogP contribution in [0.25, 0.3) is 10.9 Å². The Morgan fingerprint density at radius 3 is 2.64 bits per heavy atom. The zero-order chi connectivity index (χ0) is 25.5. The molecule has 2 aromatic carbocycles. The Bertz CT molecular complexity index is 1240. The van der Waals surface area contributed by atoms with E-state index in [9.17, 15) is 9.59 Å². The number of hydrogen-bond acceptors (Lipinski definition) is 6. The van der Waals surface area contributed by atoms with Crippen molar-refractivity contribution in [2.75, 3.05) is 43.4 Å². The minimum absolute atomic E-state index is 0.0408. The van der Waals surface area contributed by atoms with Gasteiger partial charge in [0.05, 0.1) is 16.7 Å². The quantitative estimate of drug-likeness (QED) is 0.314. The number of hydrogen-bond donors (Lipinski definition) is 1. The molecule has 0 radical (unpaired) electrons. The monoisotopic (exact) mass is 527 g/mol. The summed E-state index contributed by atoms with van der Waals surface area (Å²) in [4.78, 5) is 35.2. The molecule has 0 bridgehead atoms. The number of para-hydroxylation sites is 1. The lowest BCUT2D eigenvalue weighted by Crippen LogP contribution is -2.46. The maximum Gasteiger partial charge on any atom is 0.262 e. The maximum atomic E-state index is 13.3. The average molecular weight is 528 g/mol. The molecule has 1 unspecified atom stereocenters. The number of nitrogens with zero attached hydrogens (tertiary/aromatic N) is 4. The third-order valence-electron chi connectivity index (χ3n) is 6.58. The van der Waals surface area contributed by atoms with Crippen LogP contribution in [0.15, 0.2) is 58.5 Å². The first-order chi connectivity index (χ1) is 17.4. The highest BCUT2D eigenvalue weighted by Crippen LogP contribution is 2.21. The fraction of sp³-hybridized carbons (Fsp3) is 0.444. The number of fused-ring (bicyclic) bond motifs is 1. The van der Waals surface area contributed by atoms with E-state index in [2.05, 4.69) is 21.2 Å². The van der Waals surface area contributed by atoms with E-state index in [1.165, 1.54) is 11.8 Å². The molecule has 4 rings (SSSR count). The van der Waals surface area contributed by atoms with Crippen molar-refractivity contribution in [2.45, 2.75) is 44.4 Å². The fourth-order valence-corrected chi connectivity index (χ4v) is 5.38. The van der Waals surface area contributed by atoms with Crippen molar-refractivity contribution in [1.82, 2.24) is 19.8 Å². The Kier molecular flexibility index (Phi) is 9.29. The summed E-state index contributed by atoms with van der Waals surface area (Å²) in [6.45, 7) is 9.33. The molecule has 1 aromatic heterocycles. The second kappa shape index (κ2) is 12.6. The predicted molar refractivity (Wildman–Crippen MR) is 149 cm³/mol. The molecule has 36 heavy (non-hydrogen) atoms. The lowest BCUT2D eigenvalue weighted by Gasteiger charge is -2.36. The standard InChI is InChI=1S/C27H34ClN5O2S/c1-3-20(2)29-25(34)19-36-27-30-24-11-5-4-10-23(24)26(35)33(27)13-7-12-31-14-16-32(17-15-31)22-9-6-8-21(28)18-22/h4-6,8-11,18,20H,3,7,12-17,19H2,1-2H3,(H,29,34). The van der Waals surface area contributed by atoms with Gasteiger partial charge in [-0.3, -0.25) is 19.1 Å². The second-order valence-corrected chi connectivity index (χ2v) is 10.6. The van der Waals surface area contributed by atoms with Gasteiger partial charge in [-0.15, -0.1) is 0 Å². The van der Waals surface area contributed by atoms with E-state index in [1.807, 2.05) is 56.3 Å². The number of amides is 1. The summed E-state index contributed by atoms with van der Waals surface area (Å²) in [6.07, 6.45) is 1.71. The van der Waals surface area contributed by atoms with Crippen LogP contribution in [0.4, 0.5) is 5.69 Å². The van der Waals surface area contributed by atoms with Crippen LogP contribution in [0.3, 0.4) is 0 Å². The number of aromatic nitrogens is 2. The molecule has 2 heterocycles. The van der Waals surface area contributed by atoms with Crippen LogP contribution in [0.1, 0.15) is 26.7 Å². The van der Waals surface area contributed by atoms with Crippen molar-refractivity contribution in [3.05, 3.63) is 63.9 Å². The summed E-state index contributed by atoms with van der Waals surface area (Å²) >= 11 is 7.49. The number of thioether (sulfide) groups is 1. The summed E-state index contributed by atoms with van der Waals surface area (Å²) in [5, 5.41) is 4.96. The third kappa shape index (κ3) is 6.81. The molecule has 7 nitrogen and oxygen atoms in total. The molecule has 1 aliphatic rings. The maximum absolute atomic E-state index is 13.3. The number of carbonyl (C=O) groups excluding carboxylic acids is 1. The molecule has 0 spiro atoms. The van der Waals surface area contributed by atoms with Gasteiger partial charge in [-0.2, -0.15) is 0 Å². The molecule has 3 aromatic rings. The Morgan fingerprint density at radius 2 is 1.89 bits per heavy atom. The molecule has 1 atom stereocenters. The zero-order valence-corrected chi connectivity index (χ0v) is 22.5. The Hall–Kier alpha value is -2.55. The SMILES string of the molecule is CCC(C)NC(=O)CSc1nc2ccccc2c(=O)n1CCCN1CCN(c2cccc(Cl)c2)CC1. The third-order valence-corrected chi connectivity index (χ3v) is 7.79. The van der Waals surface area contributed by atoms with E-state index in [-0.39, 0.29) is 23.3 Å². The van der Waals surface area contributed by atoms with E-state index in [1.54, 1.807) is 4.57 Å². The zero-order valence-electron chi connectivity index (χ0n) is 21.0. The number of benzene rings is 2. The first-order valence-corrected chi connectivity index (χ1v) is 14.0. The van der Waals surface area contributed by atoms with Crippen LogP contribution in [0, 0.1) is 0 Å². The highest BCUT2D eigenvalue weighted by Gasteiger charge is 2.18. The Labute approximate surface area is 221 Å². The number of nitrogens with one attached hydrogen (secondary N) is 1. The van der Waals surface area contributed by atoms with Crippen molar-refractivity contribution in [3.63, 3.8) is 0 Å². The van der Waals surface area contributed by atoms with Crippen LogP contribution in [0.5, 0.6) is 0 Å². The molecule has 1 N–H and O–H groups in total. The molecule has 192 valence electrons. The van der Waals surface area contributed by atoms with Crippen molar-refractivity contribution < 1.29 is 4.79 Å². The largest absolute Gasteiger partial charge is 0.369 e. The van der Waals surface area contributed by atoms with Gasteiger partial charge in [0.1, 0.15) is 0 Å².